The predicted octanol–water partition coefficient (Wildman–Crippen LogP) is 2.79. The fourth-order valence-corrected chi connectivity index (χ4v) is 3.60. The van der Waals surface area contributed by atoms with Gasteiger partial charge in [-0.15, -0.1) is 0 Å². The Bertz CT molecular complexity index is 970. The van der Waals surface area contributed by atoms with Gasteiger partial charge < -0.3 is 10.6 Å². The number of carbonyl (C=O) groups excluding carboxylic acids is 2. The van der Waals surface area contributed by atoms with Gasteiger partial charge in [-0.25, -0.2) is 8.42 Å². The summed E-state index contributed by atoms with van der Waals surface area (Å²) in [5.41, 5.74) is 2.11. The maximum atomic E-state index is 12.6. The van der Waals surface area contributed by atoms with Gasteiger partial charge in [0.25, 0.3) is 5.91 Å². The molecular formula is C21H27N3O4S. The molecule has 0 aliphatic heterocycles. The van der Waals surface area contributed by atoms with Gasteiger partial charge in [-0.2, -0.15) is 0 Å². The van der Waals surface area contributed by atoms with Crippen LogP contribution in [0.3, 0.4) is 0 Å². The zero-order valence-electron chi connectivity index (χ0n) is 17.1. The highest BCUT2D eigenvalue weighted by molar-refractivity contribution is 7.92. The number of carbonyl (C=O) groups is 2. The number of amides is 2. The van der Waals surface area contributed by atoms with Crippen LogP contribution >= 0.6 is 0 Å². The van der Waals surface area contributed by atoms with Gasteiger partial charge in [0, 0.05) is 6.04 Å². The van der Waals surface area contributed by atoms with Crippen LogP contribution in [0, 0.1) is 0 Å². The van der Waals surface area contributed by atoms with E-state index < -0.39 is 22.5 Å². The number of anilines is 2. The summed E-state index contributed by atoms with van der Waals surface area (Å²) < 4.78 is 25.5. The fourth-order valence-electron chi connectivity index (χ4n) is 2.75. The first kappa shape index (κ1) is 22.4. The summed E-state index contributed by atoms with van der Waals surface area (Å²) in [5.74, 6) is -0.856. The largest absolute Gasteiger partial charge is 0.350 e. The van der Waals surface area contributed by atoms with Crippen molar-refractivity contribution in [1.82, 2.24) is 5.32 Å². The van der Waals surface area contributed by atoms with Crippen LogP contribution in [0.15, 0.2) is 48.5 Å². The molecule has 0 unspecified atom stereocenters. The molecule has 2 N–H and O–H groups in total. The monoisotopic (exact) mass is 417 g/mol. The van der Waals surface area contributed by atoms with Gasteiger partial charge in [-0.1, -0.05) is 31.2 Å². The van der Waals surface area contributed by atoms with E-state index in [1.807, 2.05) is 32.9 Å². The molecule has 2 rings (SSSR count). The van der Waals surface area contributed by atoms with Crippen LogP contribution in [0.2, 0.25) is 0 Å². The molecule has 0 aliphatic rings. The topological polar surface area (TPSA) is 95.6 Å². The summed E-state index contributed by atoms with van der Waals surface area (Å²) in [6.07, 6.45) is 1.88. The second-order valence-electron chi connectivity index (χ2n) is 7.01. The summed E-state index contributed by atoms with van der Waals surface area (Å²) >= 11 is 0. The van der Waals surface area contributed by atoms with Crippen LogP contribution in [0.4, 0.5) is 11.4 Å². The zero-order chi connectivity index (χ0) is 21.6. The molecule has 0 saturated heterocycles. The summed E-state index contributed by atoms with van der Waals surface area (Å²) in [6, 6.07) is 13.6. The molecule has 0 saturated carbocycles. The quantitative estimate of drug-likeness (QED) is 0.690. The number of benzene rings is 2. The summed E-state index contributed by atoms with van der Waals surface area (Å²) in [6.45, 7) is 5.29. The minimum Gasteiger partial charge on any atom is -0.350 e. The summed E-state index contributed by atoms with van der Waals surface area (Å²) in [5, 5.41) is 5.43. The first-order valence-corrected chi connectivity index (χ1v) is 11.2. The average Bonchev–Trinajstić information content (AvgIpc) is 2.65. The molecule has 0 heterocycles. The Kier molecular flexibility index (Phi) is 7.39. The Hall–Kier alpha value is -2.87. The van der Waals surface area contributed by atoms with Crippen LogP contribution in [0.5, 0.6) is 0 Å². The zero-order valence-corrected chi connectivity index (χ0v) is 17.9. The molecule has 29 heavy (non-hydrogen) atoms. The Labute approximate surface area is 172 Å². The van der Waals surface area contributed by atoms with Gasteiger partial charge in [-0.3, -0.25) is 13.9 Å². The van der Waals surface area contributed by atoms with Gasteiger partial charge in [0.15, 0.2) is 0 Å². The number of aryl methyl sites for hydroxylation is 1. The molecule has 2 aromatic carbocycles. The molecule has 7 nitrogen and oxygen atoms in total. The van der Waals surface area contributed by atoms with Crippen molar-refractivity contribution < 1.29 is 18.0 Å². The molecule has 0 fully saturated rings. The van der Waals surface area contributed by atoms with Crippen LogP contribution in [0.25, 0.3) is 0 Å². The molecule has 8 heteroatoms. The van der Waals surface area contributed by atoms with E-state index in [-0.39, 0.29) is 11.9 Å². The highest BCUT2D eigenvalue weighted by Crippen LogP contribution is 2.20. The van der Waals surface area contributed by atoms with Crippen molar-refractivity contribution in [2.24, 2.45) is 0 Å². The third kappa shape index (κ3) is 6.32. The van der Waals surface area contributed by atoms with Crippen molar-refractivity contribution in [3.05, 3.63) is 59.7 Å². The molecule has 0 bridgehead atoms. The Morgan fingerprint density at radius 2 is 1.66 bits per heavy atom. The van der Waals surface area contributed by atoms with E-state index in [9.17, 15) is 18.0 Å². The highest BCUT2D eigenvalue weighted by atomic mass is 32.2. The number of nitrogens with one attached hydrogen (secondary N) is 2. The average molecular weight is 418 g/mol. The Balaban J connectivity index is 2.22. The molecule has 0 atom stereocenters. The van der Waals surface area contributed by atoms with Crippen LogP contribution < -0.4 is 14.9 Å². The first-order chi connectivity index (χ1) is 13.6. The number of sulfonamides is 1. The lowest BCUT2D eigenvalue weighted by Crippen LogP contribution is -2.38. The van der Waals surface area contributed by atoms with Crippen molar-refractivity contribution in [2.75, 3.05) is 22.4 Å². The minimum absolute atomic E-state index is 0.0573. The van der Waals surface area contributed by atoms with Gasteiger partial charge in [0.1, 0.15) is 6.54 Å². The van der Waals surface area contributed by atoms with Crippen LogP contribution in [-0.2, 0) is 21.2 Å². The lowest BCUT2D eigenvalue weighted by Gasteiger charge is -2.22. The van der Waals surface area contributed by atoms with E-state index >= 15 is 0 Å². The molecule has 2 aromatic rings. The number of hydrogen-bond acceptors (Lipinski definition) is 4. The standard InChI is InChI=1S/C21H27N3O4S/c1-5-16-10-12-17(13-11-16)24(29(4,27)28)14-20(25)23-19-9-7-6-8-18(19)21(26)22-15(2)3/h6-13,15H,5,14H2,1-4H3,(H,22,26)(H,23,25). The number of rotatable bonds is 8. The summed E-state index contributed by atoms with van der Waals surface area (Å²) in [4.78, 5) is 25.0. The van der Waals surface area contributed by atoms with Crippen molar-refractivity contribution in [1.29, 1.82) is 0 Å². The van der Waals surface area contributed by atoms with Crippen LogP contribution in [-0.4, -0.2) is 39.1 Å². The van der Waals surface area contributed by atoms with Gasteiger partial charge in [0.2, 0.25) is 15.9 Å². The fraction of sp³-hybridized carbons (Fsp3) is 0.333. The first-order valence-electron chi connectivity index (χ1n) is 9.38. The smallest absolute Gasteiger partial charge is 0.253 e. The highest BCUT2D eigenvalue weighted by Gasteiger charge is 2.22. The Morgan fingerprint density at radius 3 is 2.21 bits per heavy atom. The molecule has 2 amide bonds. The van der Waals surface area contributed by atoms with E-state index in [0.717, 1.165) is 22.5 Å². The Morgan fingerprint density at radius 1 is 1.03 bits per heavy atom. The lowest BCUT2D eigenvalue weighted by atomic mass is 10.1. The number of hydrogen-bond donors (Lipinski definition) is 2. The van der Waals surface area contributed by atoms with E-state index in [2.05, 4.69) is 10.6 Å². The van der Waals surface area contributed by atoms with Crippen molar-refractivity contribution >= 4 is 33.2 Å². The number of nitrogens with zero attached hydrogens (tertiary/aromatic N) is 1. The second kappa shape index (κ2) is 9.56. The number of para-hydroxylation sites is 1. The normalized spacial score (nSPS) is 11.2. The van der Waals surface area contributed by atoms with E-state index in [4.69, 9.17) is 0 Å². The molecule has 156 valence electrons. The molecule has 0 radical (unpaired) electrons. The van der Waals surface area contributed by atoms with E-state index in [0.29, 0.717) is 16.9 Å². The van der Waals surface area contributed by atoms with Gasteiger partial charge in [0.05, 0.1) is 23.2 Å². The SMILES string of the molecule is CCc1ccc(N(CC(=O)Nc2ccccc2C(=O)NC(C)C)S(C)(=O)=O)cc1. The third-order valence-electron chi connectivity index (χ3n) is 4.19. The van der Waals surface area contributed by atoms with Gasteiger partial charge >= 0.3 is 0 Å². The third-order valence-corrected chi connectivity index (χ3v) is 5.33. The molecule has 0 aromatic heterocycles. The van der Waals surface area contributed by atoms with E-state index in [1.165, 1.54) is 0 Å². The second-order valence-corrected chi connectivity index (χ2v) is 8.92. The lowest BCUT2D eigenvalue weighted by molar-refractivity contribution is -0.114. The van der Waals surface area contributed by atoms with Crippen LogP contribution in [0.1, 0.15) is 36.7 Å². The summed E-state index contributed by atoms with van der Waals surface area (Å²) in [7, 11) is -3.67. The van der Waals surface area contributed by atoms with E-state index in [1.54, 1.807) is 36.4 Å². The van der Waals surface area contributed by atoms with Gasteiger partial charge in [-0.05, 0) is 50.1 Å². The van der Waals surface area contributed by atoms with Crippen molar-refractivity contribution in [2.45, 2.75) is 33.2 Å². The minimum atomic E-state index is -3.67. The maximum Gasteiger partial charge on any atom is 0.253 e. The molecule has 0 spiro atoms. The molecular weight excluding hydrogens is 390 g/mol. The maximum absolute atomic E-state index is 12.6. The molecule has 0 aliphatic carbocycles. The predicted molar refractivity (Wildman–Crippen MR) is 116 cm³/mol. The van der Waals surface area contributed by atoms with Crippen molar-refractivity contribution in [3.63, 3.8) is 0 Å². The van der Waals surface area contributed by atoms with Crippen molar-refractivity contribution in [3.8, 4) is 0 Å².